The van der Waals surface area contributed by atoms with Gasteiger partial charge < -0.3 is 15.0 Å². The van der Waals surface area contributed by atoms with E-state index in [4.69, 9.17) is 4.74 Å². The Hall–Kier alpha value is -2.41. The molecule has 1 amide bonds. The molecule has 21 heavy (non-hydrogen) atoms. The molecule has 3 rings (SSSR count). The standard InChI is InChI=1S/C14H16N4O3/c19-13(17-5-7-21-8-6-17)10-15-11-9-16-12-3-1-2-4-18(12)14(11)20/h1-4,9,15H,5-8,10H2. The van der Waals surface area contributed by atoms with E-state index in [0.717, 1.165) is 0 Å². The molecule has 0 bridgehead atoms. The summed E-state index contributed by atoms with van der Waals surface area (Å²) in [6.45, 7) is 2.39. The van der Waals surface area contributed by atoms with Crippen molar-refractivity contribution >= 4 is 17.2 Å². The Bertz CT molecular complexity index is 707. The fourth-order valence-corrected chi connectivity index (χ4v) is 2.24. The lowest BCUT2D eigenvalue weighted by atomic mass is 10.4. The van der Waals surface area contributed by atoms with Crippen molar-refractivity contribution in [3.63, 3.8) is 0 Å². The van der Waals surface area contributed by atoms with Gasteiger partial charge in [0.25, 0.3) is 5.56 Å². The van der Waals surface area contributed by atoms with Gasteiger partial charge >= 0.3 is 0 Å². The van der Waals surface area contributed by atoms with E-state index in [2.05, 4.69) is 10.3 Å². The third-order valence-electron chi connectivity index (χ3n) is 3.41. The number of rotatable bonds is 3. The zero-order valence-electron chi connectivity index (χ0n) is 11.5. The van der Waals surface area contributed by atoms with E-state index in [9.17, 15) is 9.59 Å². The maximum Gasteiger partial charge on any atom is 0.281 e. The lowest BCUT2D eigenvalue weighted by Gasteiger charge is -2.26. The Kier molecular flexibility index (Phi) is 3.83. The maximum absolute atomic E-state index is 12.2. The number of fused-ring (bicyclic) bond motifs is 1. The number of carbonyl (C=O) groups excluding carboxylic acids is 1. The Labute approximate surface area is 121 Å². The Morgan fingerprint density at radius 1 is 1.33 bits per heavy atom. The molecule has 1 saturated heterocycles. The number of pyridine rings is 1. The molecule has 7 nitrogen and oxygen atoms in total. The Morgan fingerprint density at radius 2 is 2.14 bits per heavy atom. The molecule has 0 aromatic carbocycles. The first-order valence-corrected chi connectivity index (χ1v) is 6.81. The second-order valence-electron chi connectivity index (χ2n) is 4.75. The van der Waals surface area contributed by atoms with E-state index in [-0.39, 0.29) is 18.0 Å². The lowest BCUT2D eigenvalue weighted by Crippen LogP contribution is -2.43. The van der Waals surface area contributed by atoms with Gasteiger partial charge in [0.15, 0.2) is 0 Å². The van der Waals surface area contributed by atoms with Gasteiger partial charge in [0.05, 0.1) is 26.0 Å². The van der Waals surface area contributed by atoms with Crippen LogP contribution in [-0.2, 0) is 9.53 Å². The van der Waals surface area contributed by atoms with Gasteiger partial charge in [-0.05, 0) is 12.1 Å². The monoisotopic (exact) mass is 288 g/mol. The van der Waals surface area contributed by atoms with E-state index in [0.29, 0.717) is 37.6 Å². The van der Waals surface area contributed by atoms with E-state index in [1.165, 1.54) is 10.6 Å². The van der Waals surface area contributed by atoms with Crippen LogP contribution in [0.15, 0.2) is 35.4 Å². The van der Waals surface area contributed by atoms with Gasteiger partial charge in [-0.15, -0.1) is 0 Å². The SMILES string of the molecule is O=C(CNc1cnc2ccccn2c1=O)N1CCOCC1. The fraction of sp³-hybridized carbons (Fsp3) is 0.357. The van der Waals surface area contributed by atoms with E-state index in [1.54, 1.807) is 23.2 Å². The molecule has 1 aliphatic rings. The summed E-state index contributed by atoms with van der Waals surface area (Å²) in [7, 11) is 0. The van der Waals surface area contributed by atoms with Crippen LogP contribution in [-0.4, -0.2) is 53.0 Å². The molecule has 0 saturated carbocycles. The molecule has 110 valence electrons. The number of hydrogen-bond acceptors (Lipinski definition) is 5. The summed E-state index contributed by atoms with van der Waals surface area (Å²) in [5.74, 6) is -0.0455. The fourth-order valence-electron chi connectivity index (χ4n) is 2.24. The van der Waals surface area contributed by atoms with Crippen LogP contribution in [0.25, 0.3) is 5.65 Å². The Balaban J connectivity index is 1.72. The number of nitrogens with zero attached hydrogens (tertiary/aromatic N) is 3. The van der Waals surface area contributed by atoms with E-state index >= 15 is 0 Å². The van der Waals surface area contributed by atoms with Crippen molar-refractivity contribution in [3.05, 3.63) is 40.9 Å². The maximum atomic E-state index is 12.2. The molecule has 1 fully saturated rings. The highest BCUT2D eigenvalue weighted by Gasteiger charge is 2.16. The summed E-state index contributed by atoms with van der Waals surface area (Å²) in [6.07, 6.45) is 3.11. The second kappa shape index (κ2) is 5.92. The quantitative estimate of drug-likeness (QED) is 0.858. The molecule has 0 radical (unpaired) electrons. The highest BCUT2D eigenvalue weighted by Crippen LogP contribution is 2.02. The van der Waals surface area contributed by atoms with Crippen molar-refractivity contribution < 1.29 is 9.53 Å². The molecule has 3 heterocycles. The topological polar surface area (TPSA) is 75.9 Å². The van der Waals surface area contributed by atoms with E-state index in [1.807, 2.05) is 6.07 Å². The third-order valence-corrected chi connectivity index (χ3v) is 3.41. The van der Waals surface area contributed by atoms with Gasteiger partial charge in [-0.25, -0.2) is 4.98 Å². The lowest BCUT2D eigenvalue weighted by molar-refractivity contribution is -0.133. The number of ether oxygens (including phenoxy) is 1. The molecular weight excluding hydrogens is 272 g/mol. The van der Waals surface area contributed by atoms with Crippen molar-refractivity contribution in [2.75, 3.05) is 38.2 Å². The van der Waals surface area contributed by atoms with Crippen LogP contribution >= 0.6 is 0 Å². The van der Waals surface area contributed by atoms with Crippen LogP contribution in [0.1, 0.15) is 0 Å². The van der Waals surface area contributed by atoms with Crippen molar-refractivity contribution in [2.24, 2.45) is 0 Å². The number of amides is 1. The summed E-state index contributed by atoms with van der Waals surface area (Å²) >= 11 is 0. The van der Waals surface area contributed by atoms with Gasteiger partial charge in [-0.3, -0.25) is 14.0 Å². The minimum atomic E-state index is -0.213. The molecule has 2 aromatic rings. The molecule has 0 atom stereocenters. The molecule has 1 aliphatic heterocycles. The third kappa shape index (κ3) is 2.87. The minimum absolute atomic E-state index is 0.0455. The zero-order chi connectivity index (χ0) is 14.7. The van der Waals surface area contributed by atoms with Crippen LogP contribution in [0.3, 0.4) is 0 Å². The number of nitrogens with one attached hydrogen (secondary N) is 1. The predicted molar refractivity (Wildman–Crippen MR) is 77.4 cm³/mol. The summed E-state index contributed by atoms with van der Waals surface area (Å²) in [4.78, 5) is 30.2. The summed E-state index contributed by atoms with van der Waals surface area (Å²) in [6, 6.07) is 5.33. The number of anilines is 1. The zero-order valence-corrected chi connectivity index (χ0v) is 11.5. The smallest absolute Gasteiger partial charge is 0.281 e. The predicted octanol–water partition coefficient (Wildman–Crippen LogP) is -0.0348. The minimum Gasteiger partial charge on any atom is -0.378 e. The van der Waals surface area contributed by atoms with E-state index < -0.39 is 0 Å². The number of hydrogen-bond donors (Lipinski definition) is 1. The van der Waals surface area contributed by atoms with Crippen molar-refractivity contribution in [3.8, 4) is 0 Å². The normalized spacial score (nSPS) is 15.1. The first-order valence-electron chi connectivity index (χ1n) is 6.81. The molecule has 0 aliphatic carbocycles. The first kappa shape index (κ1) is 13.6. The molecule has 7 heteroatoms. The molecule has 2 aromatic heterocycles. The van der Waals surface area contributed by atoms with Crippen molar-refractivity contribution in [1.29, 1.82) is 0 Å². The van der Waals surface area contributed by atoms with Crippen LogP contribution in [0.4, 0.5) is 5.69 Å². The molecular formula is C14H16N4O3. The number of carbonyl (C=O) groups is 1. The summed E-state index contributed by atoms with van der Waals surface area (Å²) in [5, 5.41) is 2.87. The van der Waals surface area contributed by atoms with Crippen LogP contribution in [0, 0.1) is 0 Å². The van der Waals surface area contributed by atoms with Gasteiger partial charge in [-0.1, -0.05) is 6.07 Å². The second-order valence-corrected chi connectivity index (χ2v) is 4.75. The molecule has 0 unspecified atom stereocenters. The summed E-state index contributed by atoms with van der Waals surface area (Å²) in [5.41, 5.74) is 0.684. The van der Waals surface area contributed by atoms with Gasteiger partial charge in [-0.2, -0.15) is 0 Å². The largest absolute Gasteiger partial charge is 0.378 e. The van der Waals surface area contributed by atoms with Gasteiger partial charge in [0.1, 0.15) is 11.3 Å². The molecule has 1 N–H and O–H groups in total. The highest BCUT2D eigenvalue weighted by molar-refractivity contribution is 5.80. The van der Waals surface area contributed by atoms with Crippen LogP contribution < -0.4 is 10.9 Å². The molecule has 0 spiro atoms. The van der Waals surface area contributed by atoms with Crippen molar-refractivity contribution in [1.82, 2.24) is 14.3 Å². The number of morpholine rings is 1. The highest BCUT2D eigenvalue weighted by atomic mass is 16.5. The van der Waals surface area contributed by atoms with Gasteiger partial charge in [0.2, 0.25) is 5.91 Å². The van der Waals surface area contributed by atoms with Crippen molar-refractivity contribution in [2.45, 2.75) is 0 Å². The first-order chi connectivity index (χ1) is 10.3. The number of aromatic nitrogens is 2. The average Bonchev–Trinajstić information content (AvgIpc) is 2.55. The van der Waals surface area contributed by atoms with Gasteiger partial charge in [0, 0.05) is 19.3 Å². The van der Waals surface area contributed by atoms with Crippen LogP contribution in [0.5, 0.6) is 0 Å². The summed E-state index contributed by atoms with van der Waals surface area (Å²) < 4.78 is 6.65. The average molecular weight is 288 g/mol. The Morgan fingerprint density at radius 3 is 2.95 bits per heavy atom. The van der Waals surface area contributed by atoms with Crippen LogP contribution in [0.2, 0.25) is 0 Å².